The number of aryl methyl sites for hydroxylation is 1. The lowest BCUT2D eigenvalue weighted by atomic mass is 10.0. The largest absolute Gasteiger partial charge is 0.508 e. The van der Waals surface area contributed by atoms with Gasteiger partial charge < -0.3 is 15.0 Å². The van der Waals surface area contributed by atoms with Gasteiger partial charge in [0.05, 0.1) is 6.04 Å². The van der Waals surface area contributed by atoms with Crippen LogP contribution in [-0.2, 0) is 17.8 Å². The lowest BCUT2D eigenvalue weighted by Gasteiger charge is -2.19. The van der Waals surface area contributed by atoms with Gasteiger partial charge in [0.25, 0.3) is 5.56 Å². The van der Waals surface area contributed by atoms with Crippen LogP contribution in [0.3, 0.4) is 0 Å². The second-order valence-corrected chi connectivity index (χ2v) is 6.52. The number of hydrogen-bond donors (Lipinski definition) is 2. The number of rotatable bonds is 4. The number of nitrogens with one attached hydrogen (secondary N) is 1. The van der Waals surface area contributed by atoms with Gasteiger partial charge in [-0.2, -0.15) is 0 Å². The highest BCUT2D eigenvalue weighted by Crippen LogP contribution is 2.35. The Morgan fingerprint density at radius 2 is 2.08 bits per heavy atom. The molecule has 1 aromatic carbocycles. The summed E-state index contributed by atoms with van der Waals surface area (Å²) in [6, 6.07) is 10.9. The molecule has 1 aromatic heterocycles. The highest BCUT2D eigenvalue weighted by atomic mass is 16.3. The number of fused-ring (bicyclic) bond motifs is 1. The number of carbonyl (C=O) groups excluding carboxylic acids is 1. The van der Waals surface area contributed by atoms with Crippen LogP contribution in [-0.4, -0.2) is 15.6 Å². The summed E-state index contributed by atoms with van der Waals surface area (Å²) in [5.41, 5.74) is 2.84. The molecule has 0 radical (unpaired) electrons. The molecule has 1 aliphatic carbocycles. The summed E-state index contributed by atoms with van der Waals surface area (Å²) in [5, 5.41) is 12.5. The van der Waals surface area contributed by atoms with Crippen LogP contribution in [0.15, 0.2) is 41.2 Å². The Bertz CT molecular complexity index is 826. The molecule has 0 fully saturated rings. The first-order valence-corrected chi connectivity index (χ1v) is 8.23. The van der Waals surface area contributed by atoms with Gasteiger partial charge in [-0.1, -0.05) is 31.2 Å². The third kappa shape index (κ3) is 3.20. The zero-order chi connectivity index (χ0) is 17.3. The van der Waals surface area contributed by atoms with E-state index < -0.39 is 0 Å². The number of carbonyl (C=O) groups is 1. The minimum absolute atomic E-state index is 0.0336. The van der Waals surface area contributed by atoms with Gasteiger partial charge in [-0.05, 0) is 36.5 Å². The van der Waals surface area contributed by atoms with Gasteiger partial charge in [0, 0.05) is 24.7 Å². The topological polar surface area (TPSA) is 71.3 Å². The second-order valence-electron chi connectivity index (χ2n) is 6.52. The first-order valence-electron chi connectivity index (χ1n) is 8.23. The molecule has 0 saturated carbocycles. The van der Waals surface area contributed by atoms with E-state index in [0.29, 0.717) is 18.2 Å². The molecule has 0 saturated heterocycles. The van der Waals surface area contributed by atoms with Crippen molar-refractivity contribution < 1.29 is 9.90 Å². The molecule has 2 N–H and O–H groups in total. The standard InChI is InChI=1S/C19H22N2O3/c1-12-9-14-5-3-4-6-16(14)19(12)20-17(23)7-8-21-13(2)10-15(22)11-18(21)24/h3-6,10-12,19,22H,7-9H2,1-2H3,(H,20,23)/t12-,19-/m1/s1. The molecule has 1 heterocycles. The zero-order valence-electron chi connectivity index (χ0n) is 14.0. The number of amides is 1. The van der Waals surface area contributed by atoms with Crippen LogP contribution in [0, 0.1) is 12.8 Å². The number of aromatic hydroxyl groups is 1. The van der Waals surface area contributed by atoms with Crippen molar-refractivity contribution in [3.05, 3.63) is 63.6 Å². The summed E-state index contributed by atoms with van der Waals surface area (Å²) in [6.07, 6.45) is 1.20. The molecule has 0 spiro atoms. The molecule has 2 atom stereocenters. The molecule has 5 heteroatoms. The van der Waals surface area contributed by atoms with Gasteiger partial charge in [0.15, 0.2) is 0 Å². The number of aromatic nitrogens is 1. The summed E-state index contributed by atoms with van der Waals surface area (Å²) in [5.74, 6) is 0.252. The van der Waals surface area contributed by atoms with Crippen molar-refractivity contribution in [2.24, 2.45) is 5.92 Å². The van der Waals surface area contributed by atoms with Crippen molar-refractivity contribution >= 4 is 5.91 Å². The Balaban J connectivity index is 1.66. The Hall–Kier alpha value is -2.56. The Labute approximate surface area is 140 Å². The fourth-order valence-electron chi connectivity index (χ4n) is 3.47. The number of benzene rings is 1. The predicted molar refractivity (Wildman–Crippen MR) is 91.9 cm³/mol. The Kier molecular flexibility index (Phi) is 4.42. The first kappa shape index (κ1) is 16.3. The van der Waals surface area contributed by atoms with Crippen LogP contribution in [0.4, 0.5) is 0 Å². The number of hydrogen-bond acceptors (Lipinski definition) is 3. The van der Waals surface area contributed by atoms with E-state index in [1.54, 1.807) is 6.92 Å². The molecule has 0 aliphatic heterocycles. The summed E-state index contributed by atoms with van der Waals surface area (Å²) >= 11 is 0. The van der Waals surface area contributed by atoms with Crippen molar-refractivity contribution in [2.45, 2.75) is 39.3 Å². The quantitative estimate of drug-likeness (QED) is 0.905. The van der Waals surface area contributed by atoms with Crippen LogP contribution in [0.25, 0.3) is 0 Å². The van der Waals surface area contributed by atoms with Gasteiger partial charge in [-0.25, -0.2) is 0 Å². The first-order chi connectivity index (χ1) is 11.5. The van der Waals surface area contributed by atoms with Crippen molar-refractivity contribution in [2.75, 3.05) is 0 Å². The van der Waals surface area contributed by atoms with E-state index in [-0.39, 0.29) is 29.7 Å². The normalized spacial score (nSPS) is 19.1. The summed E-state index contributed by atoms with van der Waals surface area (Å²) in [7, 11) is 0. The molecule has 1 amide bonds. The Morgan fingerprint density at radius 3 is 2.83 bits per heavy atom. The number of pyridine rings is 1. The summed E-state index contributed by atoms with van der Waals surface area (Å²) < 4.78 is 1.51. The molecule has 5 nitrogen and oxygen atoms in total. The van der Waals surface area contributed by atoms with Crippen molar-refractivity contribution in [1.82, 2.24) is 9.88 Å². The van der Waals surface area contributed by atoms with E-state index in [4.69, 9.17) is 0 Å². The lowest BCUT2D eigenvalue weighted by molar-refractivity contribution is -0.122. The zero-order valence-corrected chi connectivity index (χ0v) is 14.0. The molecule has 2 aromatic rings. The van der Waals surface area contributed by atoms with E-state index in [0.717, 1.165) is 6.42 Å². The SMILES string of the molecule is Cc1cc(O)cc(=O)n1CCC(=O)N[C@H]1c2ccccc2C[C@H]1C. The van der Waals surface area contributed by atoms with Crippen LogP contribution >= 0.6 is 0 Å². The van der Waals surface area contributed by atoms with E-state index in [1.165, 1.54) is 27.8 Å². The van der Waals surface area contributed by atoms with Gasteiger partial charge in [0.2, 0.25) is 5.91 Å². The van der Waals surface area contributed by atoms with E-state index in [1.807, 2.05) is 12.1 Å². The van der Waals surface area contributed by atoms with Crippen LogP contribution in [0.5, 0.6) is 5.75 Å². The minimum Gasteiger partial charge on any atom is -0.508 e. The van der Waals surface area contributed by atoms with Gasteiger partial charge in [0.1, 0.15) is 5.75 Å². The van der Waals surface area contributed by atoms with Gasteiger partial charge >= 0.3 is 0 Å². The smallest absolute Gasteiger partial charge is 0.254 e. The molecule has 3 rings (SSSR count). The molecule has 0 unspecified atom stereocenters. The maximum absolute atomic E-state index is 12.3. The number of nitrogens with zero attached hydrogens (tertiary/aromatic N) is 1. The fraction of sp³-hybridized carbons (Fsp3) is 0.368. The van der Waals surface area contributed by atoms with Crippen LogP contribution < -0.4 is 10.9 Å². The third-order valence-corrected chi connectivity index (χ3v) is 4.70. The highest BCUT2D eigenvalue weighted by molar-refractivity contribution is 5.76. The van der Waals surface area contributed by atoms with Crippen LogP contribution in [0.1, 0.15) is 36.2 Å². The highest BCUT2D eigenvalue weighted by Gasteiger charge is 2.29. The van der Waals surface area contributed by atoms with Gasteiger partial charge in [-0.3, -0.25) is 9.59 Å². The Morgan fingerprint density at radius 1 is 1.33 bits per heavy atom. The van der Waals surface area contributed by atoms with Gasteiger partial charge in [-0.15, -0.1) is 0 Å². The maximum atomic E-state index is 12.3. The second kappa shape index (κ2) is 6.51. The lowest BCUT2D eigenvalue weighted by Crippen LogP contribution is -2.32. The predicted octanol–water partition coefficient (Wildman–Crippen LogP) is 2.30. The fourth-order valence-corrected chi connectivity index (χ4v) is 3.47. The van der Waals surface area contributed by atoms with Crippen molar-refractivity contribution in [3.63, 3.8) is 0 Å². The molecule has 24 heavy (non-hydrogen) atoms. The van der Waals surface area contributed by atoms with E-state index >= 15 is 0 Å². The van der Waals surface area contributed by atoms with Crippen molar-refractivity contribution in [1.29, 1.82) is 0 Å². The van der Waals surface area contributed by atoms with Crippen LogP contribution in [0.2, 0.25) is 0 Å². The van der Waals surface area contributed by atoms with E-state index in [9.17, 15) is 14.7 Å². The molecule has 126 valence electrons. The van der Waals surface area contributed by atoms with Crippen molar-refractivity contribution in [3.8, 4) is 5.75 Å². The molecular formula is C19H22N2O3. The summed E-state index contributed by atoms with van der Waals surface area (Å²) in [6.45, 7) is 4.19. The maximum Gasteiger partial charge on any atom is 0.254 e. The average Bonchev–Trinajstić information content (AvgIpc) is 2.82. The third-order valence-electron chi connectivity index (χ3n) is 4.70. The average molecular weight is 326 g/mol. The monoisotopic (exact) mass is 326 g/mol. The summed E-state index contributed by atoms with van der Waals surface area (Å²) in [4.78, 5) is 24.2. The molecule has 0 bridgehead atoms. The molecule has 1 aliphatic rings. The minimum atomic E-state index is -0.292. The molecular weight excluding hydrogens is 304 g/mol. The van der Waals surface area contributed by atoms with E-state index in [2.05, 4.69) is 24.4 Å².